The summed E-state index contributed by atoms with van der Waals surface area (Å²) in [6.45, 7) is 14.6. The topological polar surface area (TPSA) is 25.2 Å². The first-order chi connectivity index (χ1) is 10.4. The van der Waals surface area contributed by atoms with Crippen LogP contribution in [0.2, 0.25) is 16.6 Å². The van der Waals surface area contributed by atoms with Gasteiger partial charge in [-0.3, -0.25) is 0 Å². The lowest BCUT2D eigenvalue weighted by Gasteiger charge is -2.44. The second-order valence-electron chi connectivity index (χ2n) is 7.40. The fraction of sp³-hybridized carbons (Fsp3) is 0.579. The standard InChI is InChI=1S/C19H31NOSi/c1-14(2)22(15(3)4,16(5)6)20-11-9-18-13-17(10-12-21)7-8-19(18)20/h7-9,11,13-16,21H,10,12H2,1-6H3. The van der Waals surface area contributed by atoms with Crippen LogP contribution in [-0.2, 0) is 6.42 Å². The van der Waals surface area contributed by atoms with E-state index in [1.54, 1.807) is 0 Å². The zero-order valence-corrected chi connectivity index (χ0v) is 15.9. The largest absolute Gasteiger partial charge is 0.396 e. The van der Waals surface area contributed by atoms with E-state index in [1.165, 1.54) is 16.5 Å². The minimum absolute atomic E-state index is 0.217. The second kappa shape index (κ2) is 6.59. The van der Waals surface area contributed by atoms with Gasteiger partial charge in [-0.15, -0.1) is 0 Å². The fourth-order valence-corrected chi connectivity index (χ4v) is 11.3. The number of fused-ring (bicyclic) bond motifs is 1. The Morgan fingerprint density at radius 1 is 0.955 bits per heavy atom. The van der Waals surface area contributed by atoms with Gasteiger partial charge in [0.15, 0.2) is 8.24 Å². The predicted molar refractivity (Wildman–Crippen MR) is 99.2 cm³/mol. The highest BCUT2D eigenvalue weighted by Crippen LogP contribution is 2.44. The van der Waals surface area contributed by atoms with E-state index in [0.29, 0.717) is 16.6 Å². The van der Waals surface area contributed by atoms with E-state index in [0.717, 1.165) is 6.42 Å². The zero-order chi connectivity index (χ0) is 16.5. The summed E-state index contributed by atoms with van der Waals surface area (Å²) < 4.78 is 2.64. The molecule has 0 aliphatic carbocycles. The number of nitrogens with zero attached hydrogens (tertiary/aromatic N) is 1. The third-order valence-corrected chi connectivity index (χ3v) is 12.1. The summed E-state index contributed by atoms with van der Waals surface area (Å²) in [7, 11) is -1.68. The number of hydrogen-bond acceptors (Lipinski definition) is 1. The molecule has 0 aliphatic rings. The molecule has 1 heterocycles. The van der Waals surface area contributed by atoms with Crippen LogP contribution in [0.3, 0.4) is 0 Å². The summed E-state index contributed by atoms with van der Waals surface area (Å²) in [5, 5.41) is 10.5. The molecule has 3 heteroatoms. The van der Waals surface area contributed by atoms with Gasteiger partial charge in [0.2, 0.25) is 0 Å². The highest BCUT2D eigenvalue weighted by molar-refractivity contribution is 6.82. The molecule has 0 atom stereocenters. The lowest BCUT2D eigenvalue weighted by Crippen LogP contribution is -2.51. The fourth-order valence-electron chi connectivity index (χ4n) is 4.65. The van der Waals surface area contributed by atoms with Crippen LogP contribution in [0.1, 0.15) is 47.1 Å². The van der Waals surface area contributed by atoms with E-state index < -0.39 is 8.24 Å². The first-order valence-corrected chi connectivity index (χ1v) is 10.7. The summed E-state index contributed by atoms with van der Waals surface area (Å²) in [6, 6.07) is 8.93. The zero-order valence-electron chi connectivity index (χ0n) is 14.9. The van der Waals surface area contributed by atoms with Gasteiger partial charge in [0.05, 0.1) is 0 Å². The normalized spacial score (nSPS) is 13.0. The van der Waals surface area contributed by atoms with E-state index in [9.17, 15) is 0 Å². The molecule has 0 saturated carbocycles. The van der Waals surface area contributed by atoms with E-state index in [-0.39, 0.29) is 6.61 Å². The van der Waals surface area contributed by atoms with Crippen molar-refractivity contribution in [1.82, 2.24) is 4.23 Å². The third-order valence-electron chi connectivity index (χ3n) is 5.35. The molecule has 22 heavy (non-hydrogen) atoms. The van der Waals surface area contributed by atoms with Crippen molar-refractivity contribution in [2.24, 2.45) is 0 Å². The van der Waals surface area contributed by atoms with Crippen LogP contribution in [0.5, 0.6) is 0 Å². The maximum atomic E-state index is 9.15. The van der Waals surface area contributed by atoms with Crippen molar-refractivity contribution >= 4 is 19.1 Å². The van der Waals surface area contributed by atoms with Gasteiger partial charge < -0.3 is 9.34 Å². The second-order valence-corrected chi connectivity index (χ2v) is 13.1. The molecule has 0 bridgehead atoms. The molecule has 0 fully saturated rings. The van der Waals surface area contributed by atoms with Gasteiger partial charge in [-0.05, 0) is 58.4 Å². The van der Waals surface area contributed by atoms with Crippen LogP contribution < -0.4 is 0 Å². The molecule has 122 valence electrons. The Morgan fingerprint density at radius 2 is 1.55 bits per heavy atom. The van der Waals surface area contributed by atoms with Crippen molar-refractivity contribution in [3.63, 3.8) is 0 Å². The minimum Gasteiger partial charge on any atom is -0.396 e. The molecule has 2 rings (SSSR count). The average Bonchev–Trinajstić information content (AvgIpc) is 2.82. The first kappa shape index (κ1) is 17.3. The van der Waals surface area contributed by atoms with Gasteiger partial charge in [0.1, 0.15) is 0 Å². The van der Waals surface area contributed by atoms with E-state index >= 15 is 0 Å². The molecule has 2 aromatic rings. The van der Waals surface area contributed by atoms with Crippen LogP contribution in [0, 0.1) is 0 Å². The molecular weight excluding hydrogens is 286 g/mol. The van der Waals surface area contributed by atoms with Crippen molar-refractivity contribution in [3.05, 3.63) is 36.0 Å². The van der Waals surface area contributed by atoms with Crippen LogP contribution in [0.25, 0.3) is 10.9 Å². The number of aromatic nitrogens is 1. The first-order valence-electron chi connectivity index (χ1n) is 8.57. The van der Waals surface area contributed by atoms with Crippen molar-refractivity contribution in [2.75, 3.05) is 6.61 Å². The van der Waals surface area contributed by atoms with E-state index in [1.807, 2.05) is 0 Å². The molecule has 0 radical (unpaired) electrons. The van der Waals surface area contributed by atoms with Crippen LogP contribution in [0.15, 0.2) is 30.5 Å². The Hall–Kier alpha value is -1.06. The number of benzene rings is 1. The lowest BCUT2D eigenvalue weighted by molar-refractivity contribution is 0.299. The summed E-state index contributed by atoms with van der Waals surface area (Å²) in [6.07, 6.45) is 3.06. The number of aliphatic hydroxyl groups is 1. The van der Waals surface area contributed by atoms with Crippen molar-refractivity contribution in [2.45, 2.75) is 64.6 Å². The lowest BCUT2D eigenvalue weighted by atomic mass is 10.1. The van der Waals surface area contributed by atoms with Gasteiger partial charge in [0.25, 0.3) is 0 Å². The Bertz CT molecular complexity index is 606. The summed E-state index contributed by atoms with van der Waals surface area (Å²) >= 11 is 0. The summed E-state index contributed by atoms with van der Waals surface area (Å²) in [5.41, 5.74) is 4.67. The molecule has 1 aromatic carbocycles. The van der Waals surface area contributed by atoms with Gasteiger partial charge in [-0.2, -0.15) is 0 Å². The van der Waals surface area contributed by atoms with Crippen molar-refractivity contribution in [1.29, 1.82) is 0 Å². The van der Waals surface area contributed by atoms with E-state index in [4.69, 9.17) is 5.11 Å². The maximum Gasteiger partial charge on any atom is 0.169 e. The molecule has 1 N–H and O–H groups in total. The Balaban J connectivity index is 2.65. The molecule has 0 saturated heterocycles. The highest BCUT2D eigenvalue weighted by atomic mass is 28.3. The number of rotatable bonds is 6. The highest BCUT2D eigenvalue weighted by Gasteiger charge is 2.45. The minimum atomic E-state index is -1.68. The Kier molecular flexibility index (Phi) is 5.18. The van der Waals surface area contributed by atoms with Crippen LogP contribution in [0.4, 0.5) is 0 Å². The molecule has 0 amide bonds. The summed E-state index contributed by atoms with van der Waals surface area (Å²) in [4.78, 5) is 0. The molecule has 0 aliphatic heterocycles. The molecule has 0 unspecified atom stereocenters. The monoisotopic (exact) mass is 317 g/mol. The quantitative estimate of drug-likeness (QED) is 0.728. The van der Waals surface area contributed by atoms with Gasteiger partial charge >= 0.3 is 0 Å². The van der Waals surface area contributed by atoms with Gasteiger partial charge in [0, 0.05) is 12.1 Å². The van der Waals surface area contributed by atoms with Gasteiger partial charge in [-0.1, -0.05) is 47.6 Å². The number of hydrogen-bond donors (Lipinski definition) is 1. The Morgan fingerprint density at radius 3 is 2.05 bits per heavy atom. The molecule has 1 aromatic heterocycles. The summed E-state index contributed by atoms with van der Waals surface area (Å²) in [5.74, 6) is 0. The third kappa shape index (κ3) is 2.65. The van der Waals surface area contributed by atoms with Crippen molar-refractivity contribution in [3.8, 4) is 0 Å². The predicted octanol–water partition coefficient (Wildman–Crippen LogP) is 5.20. The molecular formula is C19H31NOSi. The van der Waals surface area contributed by atoms with E-state index in [2.05, 4.69) is 76.2 Å². The van der Waals surface area contributed by atoms with Crippen LogP contribution in [-0.4, -0.2) is 24.2 Å². The average molecular weight is 318 g/mol. The Labute approximate surface area is 136 Å². The molecule has 2 nitrogen and oxygen atoms in total. The number of aliphatic hydroxyl groups excluding tert-OH is 1. The van der Waals surface area contributed by atoms with Crippen molar-refractivity contribution < 1.29 is 5.11 Å². The van der Waals surface area contributed by atoms with Crippen LogP contribution >= 0.6 is 0 Å². The molecule has 0 spiro atoms. The smallest absolute Gasteiger partial charge is 0.169 e. The van der Waals surface area contributed by atoms with Gasteiger partial charge in [-0.25, -0.2) is 0 Å². The maximum absolute atomic E-state index is 9.15. The SMILES string of the molecule is CC(C)[Si](C(C)C)(C(C)C)n1ccc2cc(CCO)ccc21.